The molecule has 0 saturated carbocycles. The van der Waals surface area contributed by atoms with Crippen LogP contribution in [-0.4, -0.2) is 22.5 Å². The molecule has 2 atom stereocenters. The Labute approximate surface area is 162 Å². The molecule has 28 heavy (non-hydrogen) atoms. The molecule has 0 radical (unpaired) electrons. The van der Waals surface area contributed by atoms with E-state index >= 15 is 0 Å². The first-order chi connectivity index (χ1) is 13.4. The Bertz CT molecular complexity index is 795. The van der Waals surface area contributed by atoms with E-state index in [1.54, 1.807) is 30.3 Å². The monoisotopic (exact) mass is 391 g/mol. The lowest BCUT2D eigenvalue weighted by Gasteiger charge is -2.32. The highest BCUT2D eigenvalue weighted by Crippen LogP contribution is 2.32. The smallest absolute Gasteiger partial charge is 0.331 e. The zero-order valence-electron chi connectivity index (χ0n) is 15.7. The molecule has 0 aliphatic carbocycles. The second-order valence-corrected chi connectivity index (χ2v) is 7.13. The molecule has 1 aliphatic rings. The number of nitrogens with zero attached hydrogens (tertiary/aromatic N) is 2. The number of hydrogen-bond donors (Lipinski definition) is 1. The first kappa shape index (κ1) is 20.2. The molecule has 7 heteroatoms. The summed E-state index contributed by atoms with van der Waals surface area (Å²) in [6.45, 7) is 2.32. The maximum atomic E-state index is 13.0. The van der Waals surface area contributed by atoms with Crippen LogP contribution < -0.4 is 5.32 Å². The Balaban J connectivity index is 1.76. The average molecular weight is 391 g/mol. The van der Waals surface area contributed by atoms with Crippen LogP contribution in [0.25, 0.3) is 0 Å². The van der Waals surface area contributed by atoms with E-state index in [9.17, 15) is 18.0 Å². The quantitative estimate of drug-likeness (QED) is 0.752. The van der Waals surface area contributed by atoms with Gasteiger partial charge in [-0.1, -0.05) is 25.0 Å². The zero-order valence-corrected chi connectivity index (χ0v) is 15.7. The number of urea groups is 1. The molecular formula is C21H24F3N3O. The largest absolute Gasteiger partial charge is 0.416 e. The average Bonchev–Trinajstić information content (AvgIpc) is 2.94. The second-order valence-electron chi connectivity index (χ2n) is 7.13. The Morgan fingerprint density at radius 2 is 1.93 bits per heavy atom. The van der Waals surface area contributed by atoms with Crippen molar-refractivity contribution in [3.05, 3.63) is 65.5 Å². The van der Waals surface area contributed by atoms with Gasteiger partial charge in [0.2, 0.25) is 0 Å². The lowest BCUT2D eigenvalue weighted by Crippen LogP contribution is -2.43. The molecule has 0 spiro atoms. The number of nitrogens with one attached hydrogen (secondary N) is 1. The van der Waals surface area contributed by atoms with Crippen molar-refractivity contribution in [3.63, 3.8) is 0 Å². The summed E-state index contributed by atoms with van der Waals surface area (Å²) in [7, 11) is 0. The standard InChI is InChI=1S/C21H24F3N3O/c1-15(17-6-5-7-18(14-17)21(22,23)24)26-20(28)27-13-4-2-3-8-19(27)16-9-11-25-12-10-16/h5-7,9-12,14-15,19H,2-4,8,13H2,1H3,(H,26,28). The van der Waals surface area contributed by atoms with Gasteiger partial charge < -0.3 is 10.2 Å². The summed E-state index contributed by atoms with van der Waals surface area (Å²) >= 11 is 0. The van der Waals surface area contributed by atoms with Gasteiger partial charge in [-0.25, -0.2) is 4.79 Å². The molecule has 1 fully saturated rings. The molecule has 1 aromatic carbocycles. The van der Waals surface area contributed by atoms with Gasteiger partial charge in [0, 0.05) is 18.9 Å². The minimum Gasteiger partial charge on any atom is -0.331 e. The van der Waals surface area contributed by atoms with E-state index in [4.69, 9.17) is 0 Å². The minimum atomic E-state index is -4.41. The van der Waals surface area contributed by atoms with E-state index in [1.807, 2.05) is 12.1 Å². The fourth-order valence-electron chi connectivity index (χ4n) is 3.62. The highest BCUT2D eigenvalue weighted by atomic mass is 19.4. The van der Waals surface area contributed by atoms with Gasteiger partial charge in [0.1, 0.15) is 0 Å². The number of likely N-dealkylation sites (tertiary alicyclic amines) is 1. The molecule has 4 nitrogen and oxygen atoms in total. The summed E-state index contributed by atoms with van der Waals surface area (Å²) < 4.78 is 38.9. The highest BCUT2D eigenvalue weighted by molar-refractivity contribution is 5.75. The Hall–Kier alpha value is -2.57. The van der Waals surface area contributed by atoms with Gasteiger partial charge in [-0.05, 0) is 55.2 Å². The van der Waals surface area contributed by atoms with Crippen molar-refractivity contribution >= 4 is 6.03 Å². The molecule has 150 valence electrons. The minimum absolute atomic E-state index is 0.0563. The third kappa shape index (κ3) is 4.82. The molecule has 1 N–H and O–H groups in total. The van der Waals surface area contributed by atoms with Crippen LogP contribution in [0.4, 0.5) is 18.0 Å². The van der Waals surface area contributed by atoms with Crippen molar-refractivity contribution in [1.82, 2.24) is 15.2 Å². The summed E-state index contributed by atoms with van der Waals surface area (Å²) in [6.07, 6.45) is 2.86. The van der Waals surface area contributed by atoms with Crippen LogP contribution in [0.1, 0.15) is 61.4 Å². The van der Waals surface area contributed by atoms with Gasteiger partial charge in [-0.15, -0.1) is 0 Å². The topological polar surface area (TPSA) is 45.2 Å². The lowest BCUT2D eigenvalue weighted by atomic mass is 10.0. The summed E-state index contributed by atoms with van der Waals surface area (Å²) in [5.41, 5.74) is 0.743. The van der Waals surface area contributed by atoms with Gasteiger partial charge in [-0.2, -0.15) is 13.2 Å². The number of carbonyl (C=O) groups is 1. The molecular weight excluding hydrogens is 367 g/mol. The number of benzene rings is 1. The Kier molecular flexibility index (Phi) is 6.21. The van der Waals surface area contributed by atoms with Crippen molar-refractivity contribution in [2.24, 2.45) is 0 Å². The second kappa shape index (κ2) is 8.63. The predicted molar refractivity (Wildman–Crippen MR) is 101 cm³/mol. The summed E-state index contributed by atoms with van der Waals surface area (Å²) in [5, 5.41) is 2.88. The summed E-state index contributed by atoms with van der Waals surface area (Å²) in [6, 6.07) is 8.07. The Morgan fingerprint density at radius 1 is 1.18 bits per heavy atom. The predicted octanol–water partition coefficient (Wildman–Crippen LogP) is 5.49. The van der Waals surface area contributed by atoms with Crippen LogP contribution in [0.2, 0.25) is 0 Å². The van der Waals surface area contributed by atoms with Crippen molar-refractivity contribution in [1.29, 1.82) is 0 Å². The van der Waals surface area contributed by atoms with Gasteiger partial charge in [-0.3, -0.25) is 4.98 Å². The van der Waals surface area contributed by atoms with Crippen LogP contribution in [0.15, 0.2) is 48.8 Å². The summed E-state index contributed by atoms with van der Waals surface area (Å²) in [5.74, 6) is 0. The number of rotatable bonds is 3. The van der Waals surface area contributed by atoms with Crippen LogP contribution in [0.5, 0.6) is 0 Å². The third-order valence-corrected chi connectivity index (χ3v) is 5.16. The molecule has 1 aromatic heterocycles. The van der Waals surface area contributed by atoms with E-state index in [-0.39, 0.29) is 12.1 Å². The lowest BCUT2D eigenvalue weighted by molar-refractivity contribution is -0.137. The number of hydrogen-bond acceptors (Lipinski definition) is 2. The SMILES string of the molecule is CC(NC(=O)N1CCCCCC1c1ccncc1)c1cccc(C(F)(F)F)c1. The number of amides is 2. The molecule has 3 rings (SSSR count). The first-order valence-electron chi connectivity index (χ1n) is 9.50. The van der Waals surface area contributed by atoms with E-state index < -0.39 is 17.8 Å². The highest BCUT2D eigenvalue weighted by Gasteiger charge is 2.31. The first-order valence-corrected chi connectivity index (χ1v) is 9.50. The maximum absolute atomic E-state index is 13.0. The van der Waals surface area contributed by atoms with Crippen LogP contribution in [-0.2, 0) is 6.18 Å². The van der Waals surface area contributed by atoms with Crippen LogP contribution >= 0.6 is 0 Å². The van der Waals surface area contributed by atoms with Gasteiger partial charge >= 0.3 is 12.2 Å². The molecule has 2 heterocycles. The van der Waals surface area contributed by atoms with Crippen molar-refractivity contribution in [2.45, 2.75) is 50.9 Å². The number of carbonyl (C=O) groups excluding carboxylic acids is 1. The molecule has 0 bridgehead atoms. The fourth-order valence-corrected chi connectivity index (χ4v) is 3.62. The van der Waals surface area contributed by atoms with E-state index in [0.29, 0.717) is 12.1 Å². The molecule has 1 saturated heterocycles. The zero-order chi connectivity index (χ0) is 20.1. The van der Waals surface area contributed by atoms with Gasteiger partial charge in [0.15, 0.2) is 0 Å². The summed E-state index contributed by atoms with van der Waals surface area (Å²) in [4.78, 5) is 18.8. The number of halogens is 3. The van der Waals surface area contributed by atoms with Gasteiger partial charge in [0.25, 0.3) is 0 Å². The fraction of sp³-hybridized carbons (Fsp3) is 0.429. The van der Waals surface area contributed by atoms with E-state index in [1.165, 1.54) is 6.07 Å². The molecule has 2 aromatic rings. The van der Waals surface area contributed by atoms with E-state index in [0.717, 1.165) is 43.4 Å². The molecule has 2 amide bonds. The maximum Gasteiger partial charge on any atom is 0.416 e. The van der Waals surface area contributed by atoms with Crippen LogP contribution in [0, 0.1) is 0 Å². The van der Waals surface area contributed by atoms with Crippen molar-refractivity contribution < 1.29 is 18.0 Å². The van der Waals surface area contributed by atoms with Gasteiger partial charge in [0.05, 0.1) is 17.6 Å². The number of alkyl halides is 3. The molecule has 1 aliphatic heterocycles. The molecule has 2 unspecified atom stereocenters. The number of aromatic nitrogens is 1. The van der Waals surface area contributed by atoms with E-state index in [2.05, 4.69) is 10.3 Å². The number of pyridine rings is 1. The third-order valence-electron chi connectivity index (χ3n) is 5.16. The van der Waals surface area contributed by atoms with Crippen molar-refractivity contribution in [2.75, 3.05) is 6.54 Å². The van der Waals surface area contributed by atoms with Crippen molar-refractivity contribution in [3.8, 4) is 0 Å². The Morgan fingerprint density at radius 3 is 2.64 bits per heavy atom. The normalized spacial score (nSPS) is 19.0. The van der Waals surface area contributed by atoms with Crippen LogP contribution in [0.3, 0.4) is 0 Å².